The van der Waals surface area contributed by atoms with Gasteiger partial charge in [0, 0.05) is 29.1 Å². The van der Waals surface area contributed by atoms with Crippen LogP contribution in [0.2, 0.25) is 0 Å². The van der Waals surface area contributed by atoms with Crippen LogP contribution in [0.3, 0.4) is 0 Å². The SMILES string of the molecule is Cc1ccc2c(c1C)NC(c1ccccc1-c1ncc[nH]1)=C=C2. The molecule has 0 aliphatic carbocycles. The van der Waals surface area contributed by atoms with Crippen LogP contribution in [0.1, 0.15) is 22.3 Å². The molecule has 0 atom stereocenters. The maximum atomic E-state index is 4.38. The Balaban J connectivity index is 1.85. The van der Waals surface area contributed by atoms with Gasteiger partial charge in [-0.2, -0.15) is 0 Å². The number of fused-ring (bicyclic) bond motifs is 1. The minimum absolute atomic E-state index is 0.864. The van der Waals surface area contributed by atoms with Crippen molar-refractivity contribution in [3.63, 3.8) is 0 Å². The van der Waals surface area contributed by atoms with Crippen LogP contribution in [0.25, 0.3) is 23.2 Å². The van der Waals surface area contributed by atoms with E-state index in [-0.39, 0.29) is 0 Å². The second kappa shape index (κ2) is 5.31. The van der Waals surface area contributed by atoms with Gasteiger partial charge in [-0.25, -0.2) is 4.98 Å². The molecule has 0 saturated carbocycles. The van der Waals surface area contributed by atoms with E-state index in [2.05, 4.69) is 59.1 Å². The number of nitrogens with zero attached hydrogens (tertiary/aromatic N) is 1. The lowest BCUT2D eigenvalue weighted by molar-refractivity contribution is 1.29. The third-order valence-electron chi connectivity index (χ3n) is 4.34. The van der Waals surface area contributed by atoms with Crippen molar-refractivity contribution in [2.45, 2.75) is 13.8 Å². The number of imidazole rings is 1. The molecule has 4 rings (SSSR count). The molecule has 3 heteroatoms. The Labute approximate surface area is 135 Å². The van der Waals surface area contributed by atoms with Crippen LogP contribution < -0.4 is 5.32 Å². The zero-order valence-electron chi connectivity index (χ0n) is 13.1. The summed E-state index contributed by atoms with van der Waals surface area (Å²) in [4.78, 5) is 7.57. The highest BCUT2D eigenvalue weighted by Crippen LogP contribution is 2.34. The molecule has 0 saturated heterocycles. The van der Waals surface area contributed by atoms with E-state index < -0.39 is 0 Å². The normalized spacial score (nSPS) is 12.5. The molecule has 2 heterocycles. The van der Waals surface area contributed by atoms with Crippen molar-refractivity contribution in [1.29, 1.82) is 0 Å². The molecule has 3 nitrogen and oxygen atoms in total. The topological polar surface area (TPSA) is 40.7 Å². The lowest BCUT2D eigenvalue weighted by Crippen LogP contribution is -2.06. The van der Waals surface area contributed by atoms with E-state index >= 15 is 0 Å². The molecule has 0 amide bonds. The summed E-state index contributed by atoms with van der Waals surface area (Å²) >= 11 is 0. The molecule has 0 unspecified atom stereocenters. The number of hydrogen-bond acceptors (Lipinski definition) is 2. The molecule has 3 aromatic rings. The van der Waals surface area contributed by atoms with Crippen LogP contribution in [0.15, 0.2) is 54.5 Å². The molecule has 112 valence electrons. The number of rotatable bonds is 2. The number of H-pyrrole nitrogens is 1. The first kappa shape index (κ1) is 13.6. The number of aryl methyl sites for hydroxylation is 1. The van der Waals surface area contributed by atoms with Gasteiger partial charge in [-0.15, -0.1) is 0 Å². The van der Waals surface area contributed by atoms with Crippen molar-refractivity contribution in [2.75, 3.05) is 5.32 Å². The fourth-order valence-electron chi connectivity index (χ4n) is 2.90. The number of anilines is 1. The van der Waals surface area contributed by atoms with Gasteiger partial charge in [-0.1, -0.05) is 42.1 Å². The number of aromatic nitrogens is 2. The van der Waals surface area contributed by atoms with Gasteiger partial charge in [0.15, 0.2) is 0 Å². The van der Waals surface area contributed by atoms with Crippen molar-refractivity contribution < 1.29 is 0 Å². The van der Waals surface area contributed by atoms with E-state index in [0.29, 0.717) is 0 Å². The summed E-state index contributed by atoms with van der Waals surface area (Å²) in [5, 5.41) is 3.56. The molecule has 23 heavy (non-hydrogen) atoms. The molecule has 0 bridgehead atoms. The Kier molecular flexibility index (Phi) is 3.14. The van der Waals surface area contributed by atoms with E-state index in [9.17, 15) is 0 Å². The molecule has 0 fully saturated rings. The molecule has 1 aliphatic heterocycles. The standard InChI is InChI=1S/C20H17N3/c1-13-7-8-15-9-10-18(23-19(15)14(13)2)16-5-3-4-6-17(16)20-21-11-12-22-20/h3-9,11-12,23H,1-2H3,(H,21,22). The first-order valence-electron chi connectivity index (χ1n) is 7.67. The highest BCUT2D eigenvalue weighted by atomic mass is 14.9. The monoisotopic (exact) mass is 299 g/mol. The van der Waals surface area contributed by atoms with Crippen LogP contribution in [-0.4, -0.2) is 9.97 Å². The fourth-order valence-corrected chi connectivity index (χ4v) is 2.90. The first-order chi connectivity index (χ1) is 11.2. The summed E-state index contributed by atoms with van der Waals surface area (Å²) in [5.41, 5.74) is 11.4. The van der Waals surface area contributed by atoms with Gasteiger partial charge in [-0.05, 0) is 31.1 Å². The maximum absolute atomic E-state index is 4.38. The minimum atomic E-state index is 0.864. The molecule has 2 aromatic carbocycles. The predicted molar refractivity (Wildman–Crippen MR) is 94.9 cm³/mol. The molecule has 0 radical (unpaired) electrons. The van der Waals surface area contributed by atoms with Crippen LogP contribution >= 0.6 is 0 Å². The highest BCUT2D eigenvalue weighted by molar-refractivity contribution is 5.91. The lowest BCUT2D eigenvalue weighted by atomic mass is 9.97. The Morgan fingerprint density at radius 2 is 1.83 bits per heavy atom. The number of hydrogen-bond donors (Lipinski definition) is 2. The van der Waals surface area contributed by atoms with Gasteiger partial charge in [0.2, 0.25) is 0 Å². The Morgan fingerprint density at radius 3 is 2.61 bits per heavy atom. The molecular weight excluding hydrogens is 282 g/mol. The Morgan fingerprint density at radius 1 is 1.00 bits per heavy atom. The van der Waals surface area contributed by atoms with Crippen LogP contribution in [0.4, 0.5) is 5.69 Å². The zero-order chi connectivity index (χ0) is 15.8. The summed E-state index contributed by atoms with van der Waals surface area (Å²) < 4.78 is 0. The van der Waals surface area contributed by atoms with Crippen LogP contribution in [0, 0.1) is 13.8 Å². The molecule has 0 spiro atoms. The number of nitrogens with one attached hydrogen (secondary N) is 2. The third kappa shape index (κ3) is 2.28. The maximum Gasteiger partial charge on any atom is 0.137 e. The molecular formula is C20H17N3. The van der Waals surface area contributed by atoms with Gasteiger partial charge in [0.1, 0.15) is 5.82 Å². The lowest BCUT2D eigenvalue weighted by Gasteiger charge is -2.20. The average molecular weight is 299 g/mol. The van der Waals surface area contributed by atoms with E-state index in [1.54, 1.807) is 6.20 Å². The minimum Gasteiger partial charge on any atom is -0.348 e. The third-order valence-corrected chi connectivity index (χ3v) is 4.34. The van der Waals surface area contributed by atoms with E-state index in [1.807, 2.05) is 24.4 Å². The van der Waals surface area contributed by atoms with Gasteiger partial charge in [0.25, 0.3) is 0 Å². The van der Waals surface area contributed by atoms with Crippen molar-refractivity contribution >= 4 is 17.5 Å². The molecule has 1 aromatic heterocycles. The van der Waals surface area contributed by atoms with Crippen LogP contribution in [0.5, 0.6) is 0 Å². The van der Waals surface area contributed by atoms with Gasteiger partial charge in [-0.3, -0.25) is 0 Å². The quantitative estimate of drug-likeness (QED) is 0.669. The van der Waals surface area contributed by atoms with E-state index in [4.69, 9.17) is 0 Å². The van der Waals surface area contributed by atoms with E-state index in [0.717, 1.165) is 28.3 Å². The van der Waals surface area contributed by atoms with Crippen molar-refractivity contribution in [3.05, 3.63) is 76.8 Å². The van der Waals surface area contributed by atoms with Crippen LogP contribution in [-0.2, 0) is 0 Å². The molecule has 1 aliphatic rings. The first-order valence-corrected chi connectivity index (χ1v) is 7.67. The van der Waals surface area contributed by atoms with Gasteiger partial charge >= 0.3 is 0 Å². The van der Waals surface area contributed by atoms with Crippen molar-refractivity contribution in [2.24, 2.45) is 0 Å². The summed E-state index contributed by atoms with van der Waals surface area (Å²) in [6.45, 7) is 4.28. The van der Waals surface area contributed by atoms with Crippen molar-refractivity contribution in [1.82, 2.24) is 9.97 Å². The number of aromatic amines is 1. The summed E-state index contributed by atoms with van der Waals surface area (Å²) in [5.74, 6) is 0.864. The van der Waals surface area contributed by atoms with Crippen molar-refractivity contribution in [3.8, 4) is 11.4 Å². The second-order valence-electron chi connectivity index (χ2n) is 5.74. The predicted octanol–water partition coefficient (Wildman–Crippen LogP) is 4.77. The van der Waals surface area contributed by atoms with Gasteiger partial charge < -0.3 is 10.3 Å². The smallest absolute Gasteiger partial charge is 0.137 e. The largest absolute Gasteiger partial charge is 0.348 e. The average Bonchev–Trinajstić information content (AvgIpc) is 3.12. The highest BCUT2D eigenvalue weighted by Gasteiger charge is 2.16. The van der Waals surface area contributed by atoms with E-state index in [1.165, 1.54) is 16.7 Å². The zero-order valence-corrected chi connectivity index (χ0v) is 13.1. The Bertz CT molecular complexity index is 943. The summed E-state index contributed by atoms with van der Waals surface area (Å²) in [7, 11) is 0. The fraction of sp³-hybridized carbons (Fsp3) is 0.100. The van der Waals surface area contributed by atoms with Gasteiger partial charge in [0.05, 0.1) is 11.4 Å². The summed E-state index contributed by atoms with van der Waals surface area (Å²) in [6, 6.07) is 12.5. The second-order valence-corrected chi connectivity index (χ2v) is 5.74. The summed E-state index contributed by atoms with van der Waals surface area (Å²) in [6.07, 6.45) is 5.66. The Hall–Kier alpha value is -3.03. The number of benzene rings is 2. The molecule has 2 N–H and O–H groups in total.